The van der Waals surface area contributed by atoms with E-state index in [0.717, 1.165) is 24.3 Å². The average Bonchev–Trinajstić information content (AvgIpc) is 3.09. The van der Waals surface area contributed by atoms with Crippen LogP contribution < -0.4 is 11.0 Å². The lowest BCUT2D eigenvalue weighted by Crippen LogP contribution is -2.55. The monoisotopic (exact) mass is 499 g/mol. The third-order valence-corrected chi connectivity index (χ3v) is 5.88. The number of benzene rings is 3. The van der Waals surface area contributed by atoms with Gasteiger partial charge in [0.15, 0.2) is 5.76 Å². The zero-order chi connectivity index (χ0) is 26.3. The van der Waals surface area contributed by atoms with E-state index in [1.807, 2.05) is 0 Å². The Morgan fingerprint density at radius 1 is 1.00 bits per heavy atom. The molecule has 1 aliphatic rings. The number of nitrogens with zero attached hydrogens (tertiary/aromatic N) is 3. The lowest BCUT2D eigenvalue weighted by atomic mass is 9.93. The van der Waals surface area contributed by atoms with Crippen LogP contribution in [0.3, 0.4) is 0 Å². The molecule has 2 heterocycles. The Labute approximate surface area is 207 Å². The van der Waals surface area contributed by atoms with E-state index in [0.29, 0.717) is 16.0 Å². The highest BCUT2D eigenvalue weighted by molar-refractivity contribution is 6.07. The van der Waals surface area contributed by atoms with Crippen molar-refractivity contribution < 1.29 is 24.7 Å². The van der Waals surface area contributed by atoms with Gasteiger partial charge in [0.05, 0.1) is 21.5 Å². The second-order valence-electron chi connectivity index (χ2n) is 8.08. The first-order valence-electron chi connectivity index (χ1n) is 10.8. The van der Waals surface area contributed by atoms with Gasteiger partial charge < -0.3 is 15.2 Å². The first-order valence-corrected chi connectivity index (χ1v) is 10.8. The summed E-state index contributed by atoms with van der Waals surface area (Å²) in [6.45, 7) is 0. The van der Waals surface area contributed by atoms with Gasteiger partial charge in [0.1, 0.15) is 5.69 Å². The number of hydrogen-bond acceptors (Lipinski definition) is 8. The number of hydrogen-bond donors (Lipinski definition) is 4. The highest BCUT2D eigenvalue weighted by Gasteiger charge is 2.55. The summed E-state index contributed by atoms with van der Waals surface area (Å²) in [4.78, 5) is 56.4. The number of aromatic nitrogens is 2. The SMILES string of the molecule is O=C(NN1C(=O)C(O)=C(c2nc3ccccc3[nH]c2=O)C1(O)c1ccc([N+](=O)[O-])cc1)c1ccccc1. The fourth-order valence-electron chi connectivity index (χ4n) is 4.09. The second-order valence-corrected chi connectivity index (χ2v) is 8.08. The van der Waals surface area contributed by atoms with E-state index in [2.05, 4.69) is 15.4 Å². The normalized spacial score (nSPS) is 17.3. The van der Waals surface area contributed by atoms with E-state index in [-0.39, 0.29) is 16.8 Å². The minimum Gasteiger partial charge on any atom is -0.503 e. The number of amides is 2. The topological polar surface area (TPSA) is 179 Å². The summed E-state index contributed by atoms with van der Waals surface area (Å²) in [6.07, 6.45) is 0. The molecule has 12 heteroatoms. The van der Waals surface area contributed by atoms with Crippen LogP contribution in [0.2, 0.25) is 0 Å². The molecule has 5 rings (SSSR count). The fraction of sp³-hybridized carbons (Fsp3) is 0.0400. The zero-order valence-electron chi connectivity index (χ0n) is 18.8. The number of H-pyrrole nitrogens is 1. The molecule has 0 aliphatic carbocycles. The molecule has 184 valence electrons. The molecule has 0 fully saturated rings. The van der Waals surface area contributed by atoms with Crippen molar-refractivity contribution in [2.75, 3.05) is 0 Å². The number of aliphatic hydroxyl groups is 2. The molecule has 3 aromatic carbocycles. The largest absolute Gasteiger partial charge is 0.503 e. The van der Waals surface area contributed by atoms with Crippen LogP contribution in [0.5, 0.6) is 0 Å². The molecular formula is C25H17N5O7. The van der Waals surface area contributed by atoms with E-state index >= 15 is 0 Å². The van der Waals surface area contributed by atoms with Crippen LogP contribution in [0.1, 0.15) is 21.6 Å². The molecule has 1 aliphatic heterocycles. The van der Waals surface area contributed by atoms with Crippen LogP contribution in [0, 0.1) is 10.1 Å². The van der Waals surface area contributed by atoms with Gasteiger partial charge in [-0.1, -0.05) is 30.3 Å². The van der Waals surface area contributed by atoms with E-state index < -0.39 is 45.0 Å². The fourth-order valence-corrected chi connectivity index (χ4v) is 4.09. The minimum absolute atomic E-state index is 0.135. The molecule has 37 heavy (non-hydrogen) atoms. The number of fused-ring (bicyclic) bond motifs is 1. The highest BCUT2D eigenvalue weighted by atomic mass is 16.6. The molecule has 0 bridgehead atoms. The minimum atomic E-state index is -2.66. The van der Waals surface area contributed by atoms with Crippen molar-refractivity contribution in [3.05, 3.63) is 122 Å². The number of carbonyl (C=O) groups excluding carboxylic acids is 2. The molecule has 1 unspecified atom stereocenters. The number of aliphatic hydroxyl groups excluding tert-OH is 1. The Hall–Kier alpha value is -5.36. The van der Waals surface area contributed by atoms with Crippen LogP contribution in [0.4, 0.5) is 5.69 Å². The van der Waals surface area contributed by atoms with Crippen molar-refractivity contribution in [3.8, 4) is 0 Å². The molecule has 0 radical (unpaired) electrons. The van der Waals surface area contributed by atoms with Crippen LogP contribution in [-0.2, 0) is 10.5 Å². The Kier molecular flexibility index (Phi) is 5.50. The summed E-state index contributed by atoms with van der Waals surface area (Å²) in [5.74, 6) is -3.07. The summed E-state index contributed by atoms with van der Waals surface area (Å²) < 4.78 is 0. The molecule has 1 aromatic heterocycles. The van der Waals surface area contributed by atoms with Gasteiger partial charge in [0, 0.05) is 23.3 Å². The quantitative estimate of drug-likeness (QED) is 0.238. The van der Waals surface area contributed by atoms with Crippen molar-refractivity contribution >= 4 is 34.1 Å². The third-order valence-electron chi connectivity index (χ3n) is 5.88. The maximum absolute atomic E-state index is 13.2. The van der Waals surface area contributed by atoms with Crippen molar-refractivity contribution in [2.45, 2.75) is 5.72 Å². The van der Waals surface area contributed by atoms with Gasteiger partial charge in [0.25, 0.3) is 17.2 Å². The molecule has 2 amide bonds. The number of non-ortho nitro benzene ring substituents is 1. The Balaban J connectivity index is 1.71. The van der Waals surface area contributed by atoms with Gasteiger partial charge in [-0.05, 0) is 36.4 Å². The summed E-state index contributed by atoms with van der Waals surface area (Å²) in [5.41, 5.74) is -1.98. The number of nitro benzene ring substituents is 1. The molecule has 0 spiro atoms. The second kappa shape index (κ2) is 8.70. The maximum Gasteiger partial charge on any atom is 0.310 e. The van der Waals surface area contributed by atoms with Gasteiger partial charge in [-0.3, -0.25) is 29.9 Å². The standard InChI is InChI=1S/C25H17N5O7/c31-21-19(20-23(33)27-18-9-5-4-8-17(18)26-20)25(35,15-10-12-16(13-11-15)30(36)37)29(24(21)34)28-22(32)14-6-2-1-3-7-14/h1-13,31,35H,(H,27,33)(H,28,32). The Morgan fingerprint density at radius 2 is 1.65 bits per heavy atom. The summed E-state index contributed by atoms with van der Waals surface area (Å²) in [6, 6.07) is 18.7. The Morgan fingerprint density at radius 3 is 2.32 bits per heavy atom. The van der Waals surface area contributed by atoms with Crippen molar-refractivity contribution in [3.63, 3.8) is 0 Å². The van der Waals surface area contributed by atoms with Gasteiger partial charge in [-0.25, -0.2) is 9.99 Å². The number of rotatable bonds is 5. The van der Waals surface area contributed by atoms with Crippen LogP contribution >= 0.6 is 0 Å². The van der Waals surface area contributed by atoms with E-state index in [9.17, 15) is 34.7 Å². The molecule has 1 atom stereocenters. The predicted octanol–water partition coefficient (Wildman–Crippen LogP) is 2.13. The van der Waals surface area contributed by atoms with Gasteiger partial charge in [-0.15, -0.1) is 0 Å². The lowest BCUT2D eigenvalue weighted by Gasteiger charge is -2.35. The van der Waals surface area contributed by atoms with Crippen molar-refractivity contribution in [1.29, 1.82) is 0 Å². The lowest BCUT2D eigenvalue weighted by molar-refractivity contribution is -0.384. The summed E-state index contributed by atoms with van der Waals surface area (Å²) >= 11 is 0. The number of aromatic amines is 1. The molecular weight excluding hydrogens is 482 g/mol. The maximum atomic E-state index is 13.2. The number of nitro groups is 1. The van der Waals surface area contributed by atoms with Crippen LogP contribution in [0.25, 0.3) is 16.6 Å². The summed E-state index contributed by atoms with van der Waals surface area (Å²) in [7, 11) is 0. The van der Waals surface area contributed by atoms with Crippen molar-refractivity contribution in [1.82, 2.24) is 20.4 Å². The van der Waals surface area contributed by atoms with E-state index in [1.165, 1.54) is 12.1 Å². The van der Waals surface area contributed by atoms with Gasteiger partial charge in [0.2, 0.25) is 5.72 Å². The third kappa shape index (κ3) is 3.77. The van der Waals surface area contributed by atoms with Crippen LogP contribution in [0.15, 0.2) is 89.4 Å². The number of hydrazine groups is 1. The Bertz CT molecular complexity index is 1660. The van der Waals surface area contributed by atoms with E-state index in [4.69, 9.17) is 0 Å². The van der Waals surface area contributed by atoms with Gasteiger partial charge >= 0.3 is 5.91 Å². The molecule has 0 saturated heterocycles. The average molecular weight is 499 g/mol. The first kappa shape index (κ1) is 23.4. The van der Waals surface area contributed by atoms with Gasteiger partial charge in [-0.2, -0.15) is 0 Å². The molecule has 4 N–H and O–H groups in total. The first-order chi connectivity index (χ1) is 17.7. The van der Waals surface area contributed by atoms with E-state index in [1.54, 1.807) is 42.5 Å². The molecule has 0 saturated carbocycles. The number of para-hydroxylation sites is 2. The smallest absolute Gasteiger partial charge is 0.310 e. The number of carbonyl (C=O) groups is 2. The number of nitrogens with one attached hydrogen (secondary N) is 2. The molecule has 12 nitrogen and oxygen atoms in total. The molecule has 4 aromatic rings. The summed E-state index contributed by atoms with van der Waals surface area (Å²) in [5, 5.41) is 34.5. The van der Waals surface area contributed by atoms with Crippen LogP contribution in [-0.4, -0.2) is 41.9 Å². The highest BCUT2D eigenvalue weighted by Crippen LogP contribution is 2.44. The predicted molar refractivity (Wildman–Crippen MR) is 130 cm³/mol. The zero-order valence-corrected chi connectivity index (χ0v) is 18.8. The van der Waals surface area contributed by atoms with Crippen molar-refractivity contribution in [2.24, 2.45) is 0 Å².